The maximum atomic E-state index is 13.7. The van der Waals surface area contributed by atoms with Gasteiger partial charge < -0.3 is 10.8 Å². The Morgan fingerprint density at radius 2 is 1.66 bits per heavy atom. The molecule has 0 bridgehead atoms. The molecule has 6 nitrogen and oxygen atoms in total. The topological polar surface area (TPSA) is 96.0 Å². The first-order valence-electron chi connectivity index (χ1n) is 12.2. The Hall–Kier alpha value is -3.29. The Balaban J connectivity index is 1.80. The third kappa shape index (κ3) is 5.62. The van der Waals surface area contributed by atoms with E-state index >= 15 is 0 Å². The standard InChI is InChI=1S/C27H24ClF6N3O3S/c1-2-12-41(39,40)18-7-5-6-16(13-18)19-11-10-17(14-21(19)35)23-15-24(25(38,26(29,30)31)27(32,33)34)36-37(23)22-9-4-3-8-20(22)28/h3-11,13-14,23,38H,2,12,15,35H2,1H3. The van der Waals surface area contributed by atoms with Crippen LogP contribution in [0.5, 0.6) is 0 Å². The number of anilines is 2. The minimum atomic E-state index is -6.11. The van der Waals surface area contributed by atoms with Crippen molar-refractivity contribution < 1.29 is 39.9 Å². The summed E-state index contributed by atoms with van der Waals surface area (Å²) in [4.78, 5) is 0.0812. The van der Waals surface area contributed by atoms with Gasteiger partial charge in [-0.05, 0) is 47.9 Å². The van der Waals surface area contributed by atoms with Gasteiger partial charge in [-0.3, -0.25) is 5.01 Å². The summed E-state index contributed by atoms with van der Waals surface area (Å²) in [6.07, 6.45) is -12.8. The van der Waals surface area contributed by atoms with E-state index in [9.17, 15) is 39.9 Å². The number of para-hydroxylation sites is 1. The summed E-state index contributed by atoms with van der Waals surface area (Å²) in [6, 6.07) is 14.8. The molecular formula is C27H24ClF6N3O3S. The van der Waals surface area contributed by atoms with Crippen LogP contribution in [0.1, 0.15) is 31.4 Å². The predicted octanol–water partition coefficient (Wildman–Crippen LogP) is 6.94. The first-order chi connectivity index (χ1) is 19.0. The Labute approximate surface area is 237 Å². The molecule has 0 saturated carbocycles. The van der Waals surface area contributed by atoms with Crippen LogP contribution < -0.4 is 10.7 Å². The van der Waals surface area contributed by atoms with Crippen molar-refractivity contribution in [1.82, 2.24) is 0 Å². The summed E-state index contributed by atoms with van der Waals surface area (Å²) in [5.41, 5.74) is 0.635. The fraction of sp³-hybridized carbons (Fsp3) is 0.296. The summed E-state index contributed by atoms with van der Waals surface area (Å²) in [6.45, 7) is 1.73. The van der Waals surface area contributed by atoms with Crippen LogP contribution in [-0.2, 0) is 9.84 Å². The van der Waals surface area contributed by atoms with Crippen molar-refractivity contribution >= 4 is 38.5 Å². The van der Waals surface area contributed by atoms with Crippen LogP contribution in [-0.4, -0.2) is 42.9 Å². The highest BCUT2D eigenvalue weighted by Gasteiger charge is 2.74. The molecule has 0 spiro atoms. The molecule has 3 aromatic rings. The van der Waals surface area contributed by atoms with Crippen LogP contribution in [0.4, 0.5) is 37.7 Å². The van der Waals surface area contributed by atoms with Gasteiger partial charge in [0.2, 0.25) is 0 Å². The second-order valence-corrected chi connectivity index (χ2v) is 12.0. The zero-order valence-electron chi connectivity index (χ0n) is 21.3. The third-order valence-corrected chi connectivity index (χ3v) is 8.92. The lowest BCUT2D eigenvalue weighted by atomic mass is 9.89. The first-order valence-corrected chi connectivity index (χ1v) is 14.2. The van der Waals surface area contributed by atoms with E-state index in [0.717, 1.165) is 5.01 Å². The van der Waals surface area contributed by atoms with E-state index in [4.69, 9.17) is 17.3 Å². The van der Waals surface area contributed by atoms with E-state index in [2.05, 4.69) is 5.10 Å². The highest BCUT2D eigenvalue weighted by Crippen LogP contribution is 2.49. The molecule has 4 rings (SSSR count). The smallest absolute Gasteiger partial charge is 0.398 e. The molecule has 1 unspecified atom stereocenters. The maximum Gasteiger partial charge on any atom is 0.431 e. The number of nitrogens with two attached hydrogens (primary N) is 1. The van der Waals surface area contributed by atoms with Crippen LogP contribution >= 0.6 is 11.6 Å². The van der Waals surface area contributed by atoms with Crippen molar-refractivity contribution in [2.75, 3.05) is 16.5 Å². The van der Waals surface area contributed by atoms with E-state index in [-0.39, 0.29) is 32.6 Å². The van der Waals surface area contributed by atoms with Gasteiger partial charge in [-0.15, -0.1) is 0 Å². The van der Waals surface area contributed by atoms with Gasteiger partial charge in [0, 0.05) is 17.7 Å². The summed E-state index contributed by atoms with van der Waals surface area (Å²) in [7, 11) is -3.54. The molecule has 0 radical (unpaired) electrons. The number of hydrazone groups is 1. The Bertz CT molecular complexity index is 1580. The number of hydrogen-bond donors (Lipinski definition) is 2. The fourth-order valence-electron chi connectivity index (χ4n) is 4.63. The molecular weight excluding hydrogens is 596 g/mol. The van der Waals surface area contributed by atoms with Crippen LogP contribution in [0, 0.1) is 0 Å². The van der Waals surface area contributed by atoms with Gasteiger partial charge in [-0.2, -0.15) is 31.4 Å². The van der Waals surface area contributed by atoms with E-state index in [0.29, 0.717) is 17.5 Å². The normalized spacial score (nSPS) is 16.7. The monoisotopic (exact) mass is 619 g/mol. The summed E-state index contributed by atoms with van der Waals surface area (Å²) >= 11 is 6.22. The molecule has 1 aliphatic rings. The minimum absolute atomic E-state index is 0.000229. The molecule has 1 atom stereocenters. The molecule has 0 fully saturated rings. The van der Waals surface area contributed by atoms with Crippen LogP contribution in [0.3, 0.4) is 0 Å². The number of alkyl halides is 6. The number of benzene rings is 3. The van der Waals surface area contributed by atoms with Crippen molar-refractivity contribution in [3.63, 3.8) is 0 Å². The first kappa shape index (κ1) is 30.7. The molecule has 0 aromatic heterocycles. The van der Waals surface area contributed by atoms with Crippen LogP contribution in [0.15, 0.2) is 76.7 Å². The molecule has 0 amide bonds. The van der Waals surface area contributed by atoms with Gasteiger partial charge >= 0.3 is 12.4 Å². The molecule has 1 heterocycles. The minimum Gasteiger partial charge on any atom is -0.398 e. The molecule has 3 N–H and O–H groups in total. The number of nitrogen functional groups attached to an aromatic ring is 1. The highest BCUT2D eigenvalue weighted by atomic mass is 35.5. The average molecular weight is 620 g/mol. The average Bonchev–Trinajstić information content (AvgIpc) is 3.32. The van der Waals surface area contributed by atoms with Gasteiger partial charge in [0.15, 0.2) is 9.84 Å². The number of nitrogens with zero attached hydrogens (tertiary/aromatic N) is 2. The molecule has 220 valence electrons. The van der Waals surface area contributed by atoms with Crippen molar-refractivity contribution in [3.05, 3.63) is 77.3 Å². The Kier molecular flexibility index (Phi) is 8.11. The Morgan fingerprint density at radius 3 is 2.24 bits per heavy atom. The maximum absolute atomic E-state index is 13.7. The zero-order chi connectivity index (χ0) is 30.4. The van der Waals surface area contributed by atoms with Crippen LogP contribution in [0.2, 0.25) is 5.02 Å². The zero-order valence-corrected chi connectivity index (χ0v) is 22.9. The number of sulfone groups is 1. The third-order valence-electron chi connectivity index (χ3n) is 6.69. The number of rotatable bonds is 7. The second kappa shape index (κ2) is 10.8. The molecule has 14 heteroatoms. The van der Waals surface area contributed by atoms with Crippen LogP contribution in [0.25, 0.3) is 11.1 Å². The van der Waals surface area contributed by atoms with E-state index in [1.165, 1.54) is 60.7 Å². The lowest BCUT2D eigenvalue weighted by molar-refractivity contribution is -0.338. The lowest BCUT2D eigenvalue weighted by Gasteiger charge is -2.32. The molecule has 0 aliphatic carbocycles. The fourth-order valence-corrected chi connectivity index (χ4v) is 6.22. The van der Waals surface area contributed by atoms with Crippen molar-refractivity contribution in [2.45, 2.75) is 48.7 Å². The van der Waals surface area contributed by atoms with Gasteiger partial charge in [0.1, 0.15) is 0 Å². The second-order valence-electron chi connectivity index (χ2n) is 9.46. The molecule has 3 aromatic carbocycles. The quantitative estimate of drug-likeness (QED) is 0.221. The van der Waals surface area contributed by atoms with Crippen molar-refractivity contribution in [2.24, 2.45) is 5.10 Å². The molecule has 0 saturated heterocycles. The van der Waals surface area contributed by atoms with E-state index in [1.54, 1.807) is 13.0 Å². The van der Waals surface area contributed by atoms with Gasteiger partial charge in [0.05, 0.1) is 33.1 Å². The number of hydrogen-bond acceptors (Lipinski definition) is 6. The SMILES string of the molecule is CCCS(=O)(=O)c1cccc(-c2ccc(C3CC(C(O)(C(F)(F)F)C(F)(F)F)=NN3c3ccccc3Cl)cc2N)c1. The van der Waals surface area contributed by atoms with Crippen molar-refractivity contribution in [1.29, 1.82) is 0 Å². The van der Waals surface area contributed by atoms with Gasteiger partial charge in [0.25, 0.3) is 5.60 Å². The molecule has 41 heavy (non-hydrogen) atoms. The largest absolute Gasteiger partial charge is 0.431 e. The van der Waals surface area contributed by atoms with E-state index in [1.807, 2.05) is 0 Å². The molecule has 1 aliphatic heterocycles. The summed E-state index contributed by atoms with van der Waals surface area (Å²) < 4.78 is 107. The predicted molar refractivity (Wildman–Crippen MR) is 144 cm³/mol. The number of halogens is 7. The lowest BCUT2D eigenvalue weighted by Crippen LogP contribution is -2.62. The summed E-state index contributed by atoms with van der Waals surface area (Å²) in [5, 5.41) is 14.6. The highest BCUT2D eigenvalue weighted by molar-refractivity contribution is 7.91. The van der Waals surface area contributed by atoms with Crippen molar-refractivity contribution in [3.8, 4) is 11.1 Å². The Morgan fingerprint density at radius 1 is 1.00 bits per heavy atom. The summed E-state index contributed by atoms with van der Waals surface area (Å²) in [5.74, 6) is -0.0605. The number of aliphatic hydroxyl groups is 1. The van der Waals surface area contributed by atoms with E-state index < -0.39 is 46.0 Å². The van der Waals surface area contributed by atoms with Gasteiger partial charge in [-0.25, -0.2) is 8.42 Å². The van der Waals surface area contributed by atoms with Gasteiger partial charge in [-0.1, -0.05) is 54.9 Å².